The largest absolute Gasteiger partial charge is 0.377 e. The molecule has 0 amide bonds. The zero-order valence-electron chi connectivity index (χ0n) is 10.3. The third-order valence-electron chi connectivity index (χ3n) is 2.81. The topological polar surface area (TPSA) is 39.9 Å². The SMILES string of the molecule is Cc1c(C#N)nc2c(Cl)c(Cl)ccc2c1N(C)C. The molecule has 0 aliphatic carbocycles. The van der Waals surface area contributed by atoms with Gasteiger partial charge in [-0.05, 0) is 19.1 Å². The molecule has 0 saturated carbocycles. The molecule has 3 nitrogen and oxygen atoms in total. The molecule has 0 unspecified atom stereocenters. The monoisotopic (exact) mass is 279 g/mol. The Labute approximate surface area is 116 Å². The molecular formula is C13H11Cl2N3. The lowest BCUT2D eigenvalue weighted by molar-refractivity contribution is 1.11. The molecule has 1 aromatic heterocycles. The molecule has 0 radical (unpaired) electrons. The molecular weight excluding hydrogens is 269 g/mol. The van der Waals surface area contributed by atoms with E-state index in [9.17, 15) is 0 Å². The Bertz CT molecular complexity index is 672. The van der Waals surface area contributed by atoms with Gasteiger partial charge in [-0.3, -0.25) is 0 Å². The van der Waals surface area contributed by atoms with Crippen molar-refractivity contribution in [3.8, 4) is 6.07 Å². The Hall–Kier alpha value is -1.50. The molecule has 0 aliphatic heterocycles. The van der Waals surface area contributed by atoms with Gasteiger partial charge in [0.05, 0.1) is 21.2 Å². The lowest BCUT2D eigenvalue weighted by atomic mass is 10.1. The van der Waals surface area contributed by atoms with Gasteiger partial charge in [0.25, 0.3) is 0 Å². The Balaban J connectivity index is 3.01. The first-order valence-electron chi connectivity index (χ1n) is 5.33. The smallest absolute Gasteiger partial charge is 0.146 e. The molecule has 0 atom stereocenters. The Kier molecular flexibility index (Phi) is 3.34. The van der Waals surface area contributed by atoms with Crippen molar-refractivity contribution in [1.29, 1.82) is 5.26 Å². The van der Waals surface area contributed by atoms with Crippen LogP contribution in [-0.2, 0) is 0 Å². The van der Waals surface area contributed by atoms with Gasteiger partial charge in [-0.15, -0.1) is 0 Å². The average molecular weight is 280 g/mol. The van der Waals surface area contributed by atoms with E-state index in [1.165, 1.54) is 0 Å². The van der Waals surface area contributed by atoms with Gasteiger partial charge in [-0.25, -0.2) is 4.98 Å². The fourth-order valence-corrected chi connectivity index (χ4v) is 2.39. The number of halogens is 2. The minimum atomic E-state index is 0.371. The van der Waals surface area contributed by atoms with Crippen molar-refractivity contribution in [1.82, 2.24) is 4.98 Å². The molecule has 0 fully saturated rings. The van der Waals surface area contributed by atoms with E-state index in [1.807, 2.05) is 32.0 Å². The summed E-state index contributed by atoms with van der Waals surface area (Å²) >= 11 is 12.1. The predicted octanol–water partition coefficient (Wildman–Crippen LogP) is 3.79. The molecule has 0 saturated heterocycles. The van der Waals surface area contributed by atoms with Gasteiger partial charge in [-0.2, -0.15) is 5.26 Å². The first kappa shape index (κ1) is 12.9. The molecule has 5 heteroatoms. The highest BCUT2D eigenvalue weighted by atomic mass is 35.5. The second-order valence-electron chi connectivity index (χ2n) is 4.20. The van der Waals surface area contributed by atoms with Crippen LogP contribution >= 0.6 is 23.2 Å². The van der Waals surface area contributed by atoms with E-state index in [-0.39, 0.29) is 0 Å². The van der Waals surface area contributed by atoms with Gasteiger partial charge < -0.3 is 4.90 Å². The normalized spacial score (nSPS) is 10.4. The summed E-state index contributed by atoms with van der Waals surface area (Å²) < 4.78 is 0. The number of hydrogen-bond acceptors (Lipinski definition) is 3. The van der Waals surface area contributed by atoms with Crippen LogP contribution in [0.3, 0.4) is 0 Å². The van der Waals surface area contributed by atoms with Crippen LogP contribution in [0.5, 0.6) is 0 Å². The first-order valence-corrected chi connectivity index (χ1v) is 6.08. The molecule has 0 bridgehead atoms. The first-order chi connectivity index (χ1) is 8.47. The minimum absolute atomic E-state index is 0.371. The zero-order chi connectivity index (χ0) is 13.4. The second kappa shape index (κ2) is 4.64. The van der Waals surface area contributed by atoms with Crippen molar-refractivity contribution in [3.63, 3.8) is 0 Å². The standard InChI is InChI=1S/C13H11Cl2N3/c1-7-10(6-16)17-12-8(13(7)18(2)3)4-5-9(14)11(12)15/h4-5H,1-3H3. The number of benzene rings is 1. The molecule has 0 N–H and O–H groups in total. The maximum Gasteiger partial charge on any atom is 0.146 e. The second-order valence-corrected chi connectivity index (χ2v) is 4.98. The quantitative estimate of drug-likeness (QED) is 0.797. The molecule has 0 aliphatic rings. The van der Waals surface area contributed by atoms with Crippen molar-refractivity contribution in [2.24, 2.45) is 0 Å². The van der Waals surface area contributed by atoms with Gasteiger partial charge in [0, 0.05) is 25.0 Å². The summed E-state index contributed by atoms with van der Waals surface area (Å²) in [5.74, 6) is 0. The van der Waals surface area contributed by atoms with Crippen molar-refractivity contribution >= 4 is 39.8 Å². The molecule has 1 aromatic carbocycles. The highest BCUT2D eigenvalue weighted by Crippen LogP contribution is 2.36. The van der Waals surface area contributed by atoms with Crippen molar-refractivity contribution in [3.05, 3.63) is 33.4 Å². The van der Waals surface area contributed by atoms with E-state index < -0.39 is 0 Å². The summed E-state index contributed by atoms with van der Waals surface area (Å²) in [7, 11) is 3.84. The fraction of sp³-hybridized carbons (Fsp3) is 0.231. The molecule has 0 spiro atoms. The maximum absolute atomic E-state index is 9.14. The Morgan fingerprint density at radius 1 is 1.28 bits per heavy atom. The van der Waals surface area contributed by atoms with Gasteiger partial charge in [0.1, 0.15) is 11.8 Å². The number of nitrogens with zero attached hydrogens (tertiary/aromatic N) is 3. The van der Waals surface area contributed by atoms with Gasteiger partial charge in [0.15, 0.2) is 0 Å². The van der Waals surface area contributed by atoms with Gasteiger partial charge >= 0.3 is 0 Å². The number of hydrogen-bond donors (Lipinski definition) is 0. The van der Waals surface area contributed by atoms with Crippen LogP contribution in [0, 0.1) is 18.3 Å². The third-order valence-corrected chi connectivity index (χ3v) is 3.61. The number of nitriles is 1. The van der Waals surface area contributed by atoms with Crippen molar-refractivity contribution in [2.75, 3.05) is 19.0 Å². The van der Waals surface area contributed by atoms with Crippen LogP contribution in [-0.4, -0.2) is 19.1 Å². The molecule has 1 heterocycles. The van der Waals surface area contributed by atoms with Crippen molar-refractivity contribution in [2.45, 2.75) is 6.92 Å². The molecule has 18 heavy (non-hydrogen) atoms. The van der Waals surface area contributed by atoms with E-state index in [0.29, 0.717) is 21.3 Å². The van der Waals surface area contributed by atoms with E-state index in [2.05, 4.69) is 11.1 Å². The number of rotatable bonds is 1. The predicted molar refractivity (Wildman–Crippen MR) is 75.5 cm³/mol. The van der Waals surface area contributed by atoms with Crippen LogP contribution in [0.15, 0.2) is 12.1 Å². The molecule has 2 aromatic rings. The van der Waals surface area contributed by atoms with Crippen LogP contribution in [0.1, 0.15) is 11.3 Å². The van der Waals surface area contributed by atoms with E-state index >= 15 is 0 Å². The average Bonchev–Trinajstić information content (AvgIpc) is 2.33. The summed E-state index contributed by atoms with van der Waals surface area (Å²) in [5, 5.41) is 10.9. The minimum Gasteiger partial charge on any atom is -0.377 e. The van der Waals surface area contributed by atoms with E-state index in [1.54, 1.807) is 6.07 Å². The number of anilines is 1. The lowest BCUT2D eigenvalue weighted by Gasteiger charge is -2.19. The van der Waals surface area contributed by atoms with Gasteiger partial charge in [0.2, 0.25) is 0 Å². The maximum atomic E-state index is 9.14. The molecule has 2 rings (SSSR count). The van der Waals surface area contributed by atoms with E-state index in [0.717, 1.165) is 16.6 Å². The van der Waals surface area contributed by atoms with E-state index in [4.69, 9.17) is 28.5 Å². The Morgan fingerprint density at radius 2 is 1.94 bits per heavy atom. The number of fused-ring (bicyclic) bond motifs is 1. The van der Waals surface area contributed by atoms with Crippen LogP contribution in [0.25, 0.3) is 10.9 Å². The number of pyridine rings is 1. The zero-order valence-corrected chi connectivity index (χ0v) is 11.8. The lowest BCUT2D eigenvalue weighted by Crippen LogP contribution is -2.12. The van der Waals surface area contributed by atoms with Crippen LogP contribution in [0.4, 0.5) is 5.69 Å². The molecule has 92 valence electrons. The highest BCUT2D eigenvalue weighted by Gasteiger charge is 2.16. The fourth-order valence-electron chi connectivity index (χ4n) is 2.04. The summed E-state index contributed by atoms with van der Waals surface area (Å²) in [5.41, 5.74) is 2.72. The summed E-state index contributed by atoms with van der Waals surface area (Å²) in [6.07, 6.45) is 0. The highest BCUT2D eigenvalue weighted by molar-refractivity contribution is 6.45. The van der Waals surface area contributed by atoms with Crippen LogP contribution < -0.4 is 4.90 Å². The third kappa shape index (κ3) is 1.88. The Morgan fingerprint density at radius 3 is 2.50 bits per heavy atom. The van der Waals surface area contributed by atoms with Gasteiger partial charge in [-0.1, -0.05) is 23.2 Å². The van der Waals surface area contributed by atoms with Crippen molar-refractivity contribution < 1.29 is 0 Å². The number of aromatic nitrogens is 1. The summed E-state index contributed by atoms with van der Waals surface area (Å²) in [6.45, 7) is 1.88. The van der Waals surface area contributed by atoms with Crippen LogP contribution in [0.2, 0.25) is 10.0 Å². The summed E-state index contributed by atoms with van der Waals surface area (Å²) in [4.78, 5) is 6.24. The summed E-state index contributed by atoms with van der Waals surface area (Å²) in [6, 6.07) is 5.71.